The van der Waals surface area contributed by atoms with E-state index in [1.807, 2.05) is 32.2 Å². The lowest BCUT2D eigenvalue weighted by molar-refractivity contribution is -0.117. The maximum atomic E-state index is 10.5. The topological polar surface area (TPSA) is 29.4 Å². The summed E-state index contributed by atoms with van der Waals surface area (Å²) in [5, 5.41) is 0. The van der Waals surface area contributed by atoms with Gasteiger partial charge in [0.1, 0.15) is 5.78 Å². The van der Waals surface area contributed by atoms with Crippen LogP contribution in [0.15, 0.2) is 53.7 Å². The highest BCUT2D eigenvalue weighted by Gasteiger charge is 1.96. The van der Waals surface area contributed by atoms with Gasteiger partial charge in [-0.25, -0.2) is 0 Å². The van der Waals surface area contributed by atoms with E-state index in [4.69, 9.17) is 0 Å². The molecule has 2 nitrogen and oxygen atoms in total. The summed E-state index contributed by atoms with van der Waals surface area (Å²) in [6.07, 6.45) is 19.0. The van der Waals surface area contributed by atoms with E-state index in [0.29, 0.717) is 5.78 Å². The number of hydrogen-bond donors (Lipinski definition) is 0. The van der Waals surface area contributed by atoms with Crippen LogP contribution < -0.4 is 0 Å². The lowest BCUT2D eigenvalue weighted by atomic mass is 10.0. The summed E-state index contributed by atoms with van der Waals surface area (Å²) >= 11 is 0. The molecular weight excluding hydrogens is 354 g/mol. The van der Waals surface area contributed by atoms with Crippen molar-refractivity contribution in [2.75, 3.05) is 0 Å². The van der Waals surface area contributed by atoms with Gasteiger partial charge in [0.15, 0.2) is 0 Å². The van der Waals surface area contributed by atoms with E-state index in [-0.39, 0.29) is 0 Å². The molecule has 0 aromatic heterocycles. The highest BCUT2D eigenvalue weighted by Crippen LogP contribution is 2.11. The Kier molecular flexibility index (Phi) is 29.0. The second-order valence-electron chi connectivity index (χ2n) is 6.93. The smallest absolute Gasteiger partial charge is 0.129 e. The molecule has 0 atom stereocenters. The molecule has 0 aromatic rings. The molecule has 0 unspecified atom stereocenters. The second kappa shape index (κ2) is 26.3. The Bertz CT molecular complexity index is 495. The number of nitrogens with zero attached hydrogens (tertiary/aromatic N) is 1. The normalized spacial score (nSPS) is 11.6. The van der Waals surface area contributed by atoms with Crippen LogP contribution in [0.2, 0.25) is 0 Å². The third-order valence-corrected chi connectivity index (χ3v) is 4.38. The average Bonchev–Trinajstić information content (AvgIpc) is 2.73. The minimum Gasteiger partial charge on any atom is -0.300 e. The molecule has 0 amide bonds. The summed E-state index contributed by atoms with van der Waals surface area (Å²) in [5.74, 6) is 0.330. The van der Waals surface area contributed by atoms with E-state index in [2.05, 4.69) is 51.9 Å². The fraction of sp³-hybridized carbons (Fsp3) is 0.630. The molecule has 2 heteroatoms. The SMILES string of the molecule is C=CC/C(=C\C)CCC(C)=N/C=C(\C=C)CC.CC.CCCCCCCC(C)=O. The molecule has 168 valence electrons. The van der Waals surface area contributed by atoms with Gasteiger partial charge in [0.2, 0.25) is 0 Å². The molecule has 29 heavy (non-hydrogen) atoms. The Morgan fingerprint density at radius 2 is 1.55 bits per heavy atom. The van der Waals surface area contributed by atoms with Crippen LogP contribution in [0.4, 0.5) is 0 Å². The molecule has 0 aliphatic rings. The number of carbonyl (C=O) groups excluding carboxylic acids is 1. The zero-order valence-electron chi connectivity index (χ0n) is 20.7. The first-order valence-corrected chi connectivity index (χ1v) is 11.5. The lowest BCUT2D eigenvalue weighted by Gasteiger charge is -2.03. The van der Waals surface area contributed by atoms with Crippen molar-refractivity contribution in [3.8, 4) is 0 Å². The van der Waals surface area contributed by atoms with Gasteiger partial charge in [-0.05, 0) is 58.4 Å². The van der Waals surface area contributed by atoms with E-state index >= 15 is 0 Å². The lowest BCUT2D eigenvalue weighted by Crippen LogP contribution is -1.93. The van der Waals surface area contributed by atoms with Gasteiger partial charge >= 0.3 is 0 Å². The number of ketones is 1. The van der Waals surface area contributed by atoms with Crippen molar-refractivity contribution < 1.29 is 4.79 Å². The van der Waals surface area contributed by atoms with Crippen LogP contribution in [-0.4, -0.2) is 11.5 Å². The fourth-order valence-electron chi connectivity index (χ4n) is 2.41. The van der Waals surface area contributed by atoms with Crippen LogP contribution in [0.25, 0.3) is 0 Å². The number of hydrogen-bond acceptors (Lipinski definition) is 2. The Morgan fingerprint density at radius 1 is 0.931 bits per heavy atom. The number of allylic oxidation sites excluding steroid dienone is 5. The molecular formula is C27H49NO. The van der Waals surface area contributed by atoms with Gasteiger partial charge in [-0.1, -0.05) is 83.8 Å². The van der Waals surface area contributed by atoms with E-state index in [1.54, 1.807) is 6.92 Å². The van der Waals surface area contributed by atoms with E-state index in [1.165, 1.54) is 42.5 Å². The summed E-state index contributed by atoms with van der Waals surface area (Å²) < 4.78 is 0. The van der Waals surface area contributed by atoms with Crippen molar-refractivity contribution in [2.24, 2.45) is 4.99 Å². The van der Waals surface area contributed by atoms with E-state index in [0.717, 1.165) is 38.5 Å². The first-order valence-electron chi connectivity index (χ1n) is 11.5. The number of aliphatic imine (C=N–C) groups is 1. The monoisotopic (exact) mass is 403 g/mol. The van der Waals surface area contributed by atoms with Crippen LogP contribution in [0, 0.1) is 0 Å². The van der Waals surface area contributed by atoms with Crippen molar-refractivity contribution in [3.63, 3.8) is 0 Å². The first-order chi connectivity index (χ1) is 13.9. The van der Waals surface area contributed by atoms with Crippen molar-refractivity contribution in [1.29, 1.82) is 0 Å². The van der Waals surface area contributed by atoms with Crippen molar-refractivity contribution in [1.82, 2.24) is 0 Å². The van der Waals surface area contributed by atoms with Crippen LogP contribution in [-0.2, 0) is 4.79 Å². The zero-order chi connectivity index (χ0) is 22.9. The predicted molar refractivity (Wildman–Crippen MR) is 135 cm³/mol. The van der Waals surface area contributed by atoms with E-state index in [9.17, 15) is 4.79 Å². The quantitative estimate of drug-likeness (QED) is 0.123. The number of rotatable bonds is 14. The van der Waals surface area contributed by atoms with Gasteiger partial charge < -0.3 is 4.79 Å². The molecule has 0 aliphatic carbocycles. The van der Waals surface area contributed by atoms with Gasteiger partial charge in [-0.2, -0.15) is 0 Å². The van der Waals surface area contributed by atoms with Crippen molar-refractivity contribution in [3.05, 3.63) is 48.7 Å². The van der Waals surface area contributed by atoms with E-state index < -0.39 is 0 Å². The molecule has 0 radical (unpaired) electrons. The minimum absolute atomic E-state index is 0.330. The third kappa shape index (κ3) is 26.3. The Hall–Kier alpha value is -1.70. The van der Waals surface area contributed by atoms with Gasteiger partial charge in [-0.15, -0.1) is 6.58 Å². The fourth-order valence-corrected chi connectivity index (χ4v) is 2.41. The molecule has 0 saturated heterocycles. The summed E-state index contributed by atoms with van der Waals surface area (Å²) in [6.45, 7) is 21.7. The highest BCUT2D eigenvalue weighted by atomic mass is 16.1. The number of unbranched alkanes of at least 4 members (excludes halogenated alkanes) is 4. The standard InChI is InChI=1S/C16H25N.C9H18O.C2H6/c1-6-10-16(9-4)12-11-14(5)17-13-15(7-2)8-3;1-3-4-5-6-7-8-9(2)10;1-2/h6-7,9,13H,1-2,8,10-12H2,3-5H3;3-8H2,1-2H3;1-2H3/b15-13+,16-9+,17-14?;;. The molecule has 0 heterocycles. The van der Waals surface area contributed by atoms with Crippen LogP contribution in [0.3, 0.4) is 0 Å². The maximum Gasteiger partial charge on any atom is 0.129 e. The molecule has 0 aliphatic heterocycles. The van der Waals surface area contributed by atoms with Gasteiger partial charge in [0.25, 0.3) is 0 Å². The summed E-state index contributed by atoms with van der Waals surface area (Å²) in [6, 6.07) is 0. The summed E-state index contributed by atoms with van der Waals surface area (Å²) in [5.41, 5.74) is 3.78. The van der Waals surface area contributed by atoms with Crippen LogP contribution >= 0.6 is 0 Å². The molecule has 0 fully saturated rings. The number of carbonyl (C=O) groups is 1. The predicted octanol–water partition coefficient (Wildman–Crippen LogP) is 9.19. The first kappa shape index (κ1) is 32.0. The van der Waals surface area contributed by atoms with Crippen LogP contribution in [0.1, 0.15) is 113 Å². The highest BCUT2D eigenvalue weighted by molar-refractivity contribution is 5.82. The Morgan fingerprint density at radius 3 is 2.00 bits per heavy atom. The van der Waals surface area contributed by atoms with Crippen LogP contribution in [0.5, 0.6) is 0 Å². The average molecular weight is 404 g/mol. The Labute approximate surface area is 183 Å². The van der Waals surface area contributed by atoms with Gasteiger partial charge in [0, 0.05) is 18.3 Å². The largest absolute Gasteiger partial charge is 0.300 e. The maximum absolute atomic E-state index is 10.5. The Balaban J connectivity index is -0.000000479. The molecule has 0 aromatic carbocycles. The van der Waals surface area contributed by atoms with Gasteiger partial charge in [0.05, 0.1) is 0 Å². The minimum atomic E-state index is 0.330. The molecule has 0 bridgehead atoms. The van der Waals surface area contributed by atoms with Gasteiger partial charge in [-0.3, -0.25) is 4.99 Å². The summed E-state index contributed by atoms with van der Waals surface area (Å²) in [7, 11) is 0. The second-order valence-corrected chi connectivity index (χ2v) is 6.93. The number of Topliss-reactive ketones (excluding diaryl/α,β-unsaturated/α-hetero) is 1. The summed E-state index contributed by atoms with van der Waals surface area (Å²) in [4.78, 5) is 14.9. The molecule has 0 rings (SSSR count). The molecule has 0 spiro atoms. The molecule has 0 saturated carbocycles. The zero-order valence-corrected chi connectivity index (χ0v) is 20.7. The molecule has 0 N–H and O–H groups in total. The van der Waals surface area contributed by atoms with Crippen molar-refractivity contribution in [2.45, 2.75) is 113 Å². The van der Waals surface area contributed by atoms with Crippen molar-refractivity contribution >= 4 is 11.5 Å². The third-order valence-electron chi connectivity index (χ3n) is 4.38.